The molecule has 0 radical (unpaired) electrons. The van der Waals surface area contributed by atoms with Crippen molar-refractivity contribution in [1.29, 1.82) is 5.26 Å². The first-order chi connectivity index (χ1) is 18.1. The molecule has 3 aromatic rings. The van der Waals surface area contributed by atoms with E-state index in [0.717, 1.165) is 80.1 Å². The van der Waals surface area contributed by atoms with E-state index < -0.39 is 12.6 Å². The Balaban J connectivity index is 1.20. The van der Waals surface area contributed by atoms with Gasteiger partial charge in [0.2, 0.25) is 0 Å². The van der Waals surface area contributed by atoms with Crippen molar-refractivity contribution < 1.29 is 13.2 Å². The van der Waals surface area contributed by atoms with Crippen LogP contribution >= 0.6 is 11.3 Å². The molecule has 1 aromatic carbocycles. The van der Waals surface area contributed by atoms with Gasteiger partial charge in [0.15, 0.2) is 0 Å². The second-order valence-electron chi connectivity index (χ2n) is 11.1. The highest BCUT2D eigenvalue weighted by atomic mass is 32.1. The molecule has 0 N–H and O–H groups in total. The Morgan fingerprint density at radius 3 is 2.74 bits per heavy atom. The minimum atomic E-state index is -4.24. The molecule has 0 amide bonds. The zero-order valence-corrected chi connectivity index (χ0v) is 22.5. The molecule has 3 aliphatic rings. The van der Waals surface area contributed by atoms with Crippen LogP contribution in [-0.4, -0.2) is 47.2 Å². The van der Waals surface area contributed by atoms with Gasteiger partial charge >= 0.3 is 6.18 Å². The van der Waals surface area contributed by atoms with Gasteiger partial charge in [-0.15, -0.1) is 11.3 Å². The molecular weight excluding hydrogens is 507 g/mol. The van der Waals surface area contributed by atoms with Gasteiger partial charge in [-0.25, -0.2) is 9.97 Å². The molecule has 198 valence electrons. The average molecular weight is 538 g/mol. The summed E-state index contributed by atoms with van der Waals surface area (Å²) < 4.78 is 39.2. The van der Waals surface area contributed by atoms with Crippen LogP contribution in [0.5, 0.6) is 0 Å². The molecular formula is C29H30F3N5S. The third-order valence-corrected chi connectivity index (χ3v) is 9.40. The summed E-state index contributed by atoms with van der Waals surface area (Å²) in [5, 5.41) is 10.0. The van der Waals surface area contributed by atoms with Crippen molar-refractivity contribution in [2.75, 3.05) is 31.1 Å². The van der Waals surface area contributed by atoms with Gasteiger partial charge in [-0.1, -0.05) is 19.1 Å². The lowest BCUT2D eigenvalue weighted by molar-refractivity contribution is -0.126. The van der Waals surface area contributed by atoms with Crippen molar-refractivity contribution in [2.24, 2.45) is 5.41 Å². The van der Waals surface area contributed by atoms with Gasteiger partial charge in [0, 0.05) is 54.9 Å². The van der Waals surface area contributed by atoms with Gasteiger partial charge in [-0.05, 0) is 60.7 Å². The van der Waals surface area contributed by atoms with Crippen LogP contribution in [0.15, 0.2) is 23.8 Å². The fourth-order valence-corrected chi connectivity index (χ4v) is 7.47. The molecule has 6 rings (SSSR count). The summed E-state index contributed by atoms with van der Waals surface area (Å²) in [4.78, 5) is 15.1. The van der Waals surface area contributed by atoms with E-state index >= 15 is 0 Å². The second-order valence-corrected chi connectivity index (χ2v) is 12.2. The van der Waals surface area contributed by atoms with Crippen LogP contribution in [0.1, 0.15) is 52.7 Å². The Morgan fingerprint density at radius 2 is 1.97 bits per heavy atom. The van der Waals surface area contributed by atoms with Gasteiger partial charge in [-0.2, -0.15) is 18.4 Å². The molecule has 0 saturated carbocycles. The van der Waals surface area contributed by atoms with Crippen molar-refractivity contribution in [3.8, 4) is 6.07 Å². The first-order valence-electron chi connectivity index (χ1n) is 13.2. The maximum absolute atomic E-state index is 13.1. The maximum atomic E-state index is 13.1. The molecule has 1 atom stereocenters. The predicted molar refractivity (Wildman–Crippen MR) is 144 cm³/mol. The summed E-state index contributed by atoms with van der Waals surface area (Å²) in [7, 11) is 0. The lowest BCUT2D eigenvalue weighted by Gasteiger charge is -2.26. The zero-order chi connectivity index (χ0) is 26.7. The first-order valence-corrected chi connectivity index (χ1v) is 14.0. The molecule has 2 saturated heterocycles. The van der Waals surface area contributed by atoms with Crippen LogP contribution in [0.4, 0.5) is 19.0 Å². The summed E-state index contributed by atoms with van der Waals surface area (Å²) >= 11 is 1.14. The third-order valence-electron chi connectivity index (χ3n) is 8.37. The number of allylic oxidation sites excluding steroid dienone is 1. The largest absolute Gasteiger partial charge is 0.393 e. The number of hydrogen-bond donors (Lipinski definition) is 0. The molecule has 2 fully saturated rings. The molecule has 1 aliphatic carbocycles. The van der Waals surface area contributed by atoms with E-state index in [1.54, 1.807) is 6.07 Å². The number of fused-ring (bicyclic) bond motifs is 2. The van der Waals surface area contributed by atoms with E-state index in [1.165, 1.54) is 22.3 Å². The Bertz CT molecular complexity index is 1480. The Labute approximate surface area is 224 Å². The van der Waals surface area contributed by atoms with Crippen molar-refractivity contribution in [3.63, 3.8) is 0 Å². The number of nitrogens with zero attached hydrogens (tertiary/aromatic N) is 5. The number of halogens is 3. The average Bonchev–Trinajstić information content (AvgIpc) is 3.65. The molecule has 38 heavy (non-hydrogen) atoms. The Hall–Kier alpha value is -2.96. The monoisotopic (exact) mass is 537 g/mol. The number of anilines is 1. The van der Waals surface area contributed by atoms with Gasteiger partial charge < -0.3 is 4.90 Å². The quantitative estimate of drug-likeness (QED) is 0.386. The fourth-order valence-electron chi connectivity index (χ4n) is 6.39. The SMILES string of the molecule is CCc1nc(N2CCC3(CCN(Cc4ccc5c(c4C)C=C(C#N)C5)C3)C2)c2cc(CC(F)(F)F)sc2n1. The highest BCUT2D eigenvalue weighted by Gasteiger charge is 2.44. The number of rotatable bonds is 5. The molecule has 1 spiro atoms. The van der Waals surface area contributed by atoms with Crippen molar-refractivity contribution in [1.82, 2.24) is 14.9 Å². The number of likely N-dealkylation sites (tertiary alicyclic amines) is 1. The summed E-state index contributed by atoms with van der Waals surface area (Å²) in [5.74, 6) is 1.48. The Morgan fingerprint density at radius 1 is 1.16 bits per heavy atom. The fraction of sp³-hybridized carbons (Fsp3) is 0.483. The number of aromatic nitrogens is 2. The lowest BCUT2D eigenvalue weighted by Crippen LogP contribution is -2.31. The molecule has 9 heteroatoms. The number of aryl methyl sites for hydroxylation is 1. The normalized spacial score (nSPS) is 21.5. The first kappa shape index (κ1) is 25.3. The van der Waals surface area contributed by atoms with Crippen molar-refractivity contribution >= 4 is 33.4 Å². The van der Waals surface area contributed by atoms with E-state index in [2.05, 4.69) is 39.9 Å². The Kier molecular flexibility index (Phi) is 6.23. The van der Waals surface area contributed by atoms with Gasteiger partial charge in [-0.3, -0.25) is 4.90 Å². The lowest BCUT2D eigenvalue weighted by atomic mass is 9.86. The van der Waals surface area contributed by atoms with Crippen molar-refractivity contribution in [3.05, 3.63) is 56.7 Å². The highest BCUT2D eigenvalue weighted by molar-refractivity contribution is 7.18. The van der Waals surface area contributed by atoms with Gasteiger partial charge in [0.25, 0.3) is 0 Å². The summed E-state index contributed by atoms with van der Waals surface area (Å²) in [6.45, 7) is 8.77. The minimum absolute atomic E-state index is 0.160. The number of thiophene rings is 1. The standard InChI is InChI=1S/C29H30F3N5S/c1-3-25-34-26(24-12-22(13-29(30,31)32)38-27(24)35-25)37-9-7-28(17-37)6-8-36(16-28)15-21-5-4-20-10-19(14-33)11-23(20)18(21)2/h4-5,11-12H,3,6-10,13,15-17H2,1-2H3. The third kappa shape index (κ3) is 4.69. The number of hydrogen-bond acceptors (Lipinski definition) is 6. The van der Waals surface area contributed by atoms with Gasteiger partial charge in [0.1, 0.15) is 16.5 Å². The van der Waals surface area contributed by atoms with Crippen LogP contribution in [0.3, 0.4) is 0 Å². The molecule has 2 aromatic heterocycles. The molecule has 0 bridgehead atoms. The summed E-state index contributed by atoms with van der Waals surface area (Å²) in [6, 6.07) is 8.33. The van der Waals surface area contributed by atoms with Crippen LogP contribution in [0.2, 0.25) is 0 Å². The molecule has 5 nitrogen and oxygen atoms in total. The summed E-state index contributed by atoms with van der Waals surface area (Å²) in [6.07, 6.45) is 0.395. The smallest absolute Gasteiger partial charge is 0.355 e. The van der Waals surface area contributed by atoms with Gasteiger partial charge in [0.05, 0.1) is 17.9 Å². The van der Waals surface area contributed by atoms with E-state index in [4.69, 9.17) is 4.98 Å². The number of nitriles is 1. The van der Waals surface area contributed by atoms with E-state index in [0.29, 0.717) is 22.0 Å². The number of benzene rings is 1. The predicted octanol–water partition coefficient (Wildman–Crippen LogP) is 6.23. The molecule has 2 aliphatic heterocycles. The minimum Gasteiger partial charge on any atom is -0.355 e. The van der Waals surface area contributed by atoms with Crippen molar-refractivity contribution in [2.45, 2.75) is 58.7 Å². The second kappa shape index (κ2) is 9.35. The molecule has 4 heterocycles. The highest BCUT2D eigenvalue weighted by Crippen LogP contribution is 2.44. The van der Waals surface area contributed by atoms with E-state index in [-0.39, 0.29) is 5.41 Å². The van der Waals surface area contributed by atoms with Crippen LogP contribution in [-0.2, 0) is 25.8 Å². The number of alkyl halides is 3. The van der Waals surface area contributed by atoms with Crippen LogP contribution < -0.4 is 4.90 Å². The van der Waals surface area contributed by atoms with E-state index in [9.17, 15) is 18.4 Å². The van der Waals surface area contributed by atoms with Crippen LogP contribution in [0, 0.1) is 23.7 Å². The topological polar surface area (TPSA) is 56.1 Å². The zero-order valence-electron chi connectivity index (χ0n) is 21.7. The van der Waals surface area contributed by atoms with E-state index in [1.807, 2.05) is 13.0 Å². The molecule has 1 unspecified atom stereocenters. The van der Waals surface area contributed by atoms with Crippen LogP contribution in [0.25, 0.3) is 16.3 Å². The summed E-state index contributed by atoms with van der Waals surface area (Å²) in [5.41, 5.74) is 6.01. The maximum Gasteiger partial charge on any atom is 0.393 e.